The molecule has 2 aromatic carbocycles. The van der Waals surface area contributed by atoms with E-state index in [-0.39, 0.29) is 17.4 Å². The molecule has 0 saturated carbocycles. The number of anilines is 1. The summed E-state index contributed by atoms with van der Waals surface area (Å²) in [5, 5.41) is 12.2. The Morgan fingerprint density at radius 2 is 2.00 bits per heavy atom. The first-order chi connectivity index (χ1) is 9.88. The highest BCUT2D eigenvalue weighted by Crippen LogP contribution is 2.26. The van der Waals surface area contributed by atoms with Crippen molar-refractivity contribution in [3.05, 3.63) is 63.4 Å². The molecule has 0 aliphatic rings. The molecule has 1 unspecified atom stereocenters. The second-order valence-corrected chi connectivity index (χ2v) is 5.78. The van der Waals surface area contributed by atoms with Gasteiger partial charge in [-0.1, -0.05) is 15.9 Å². The van der Waals surface area contributed by atoms with Crippen molar-refractivity contribution in [2.45, 2.75) is 19.9 Å². The zero-order valence-electron chi connectivity index (χ0n) is 11.7. The number of rotatable bonds is 4. The highest BCUT2D eigenvalue weighted by Gasteiger charge is 2.13. The van der Waals surface area contributed by atoms with Gasteiger partial charge in [-0.15, -0.1) is 0 Å². The fraction of sp³-hybridized carbons (Fsp3) is 0.188. The first kappa shape index (κ1) is 15.5. The molecule has 5 heteroatoms. The van der Waals surface area contributed by atoms with E-state index in [1.807, 2.05) is 13.8 Å². The highest BCUT2D eigenvalue weighted by atomic mass is 79.9. The van der Waals surface area contributed by atoms with Crippen LogP contribution in [0.1, 0.15) is 34.5 Å². The van der Waals surface area contributed by atoms with E-state index in [1.54, 1.807) is 24.3 Å². The second-order valence-electron chi connectivity index (χ2n) is 4.87. The normalized spacial score (nSPS) is 12.0. The summed E-state index contributed by atoms with van der Waals surface area (Å²) in [5.74, 6) is -1.24. The van der Waals surface area contributed by atoms with Crippen molar-refractivity contribution in [3.8, 4) is 0 Å². The summed E-state index contributed by atoms with van der Waals surface area (Å²) in [6.07, 6.45) is 0. The quantitative estimate of drug-likeness (QED) is 0.834. The van der Waals surface area contributed by atoms with Crippen LogP contribution >= 0.6 is 15.9 Å². The van der Waals surface area contributed by atoms with Crippen molar-refractivity contribution in [1.82, 2.24) is 0 Å². The lowest BCUT2D eigenvalue weighted by molar-refractivity contribution is 0.0697. The summed E-state index contributed by atoms with van der Waals surface area (Å²) in [6, 6.07) is 9.38. The SMILES string of the molecule is Cc1cc(C(=O)O)ccc1NC(C)c1cc(Br)ccc1F. The minimum Gasteiger partial charge on any atom is -0.478 e. The van der Waals surface area contributed by atoms with Crippen LogP contribution in [-0.2, 0) is 0 Å². The number of aromatic carboxylic acids is 1. The molecule has 110 valence electrons. The molecule has 0 aliphatic carbocycles. The number of halogens is 2. The smallest absolute Gasteiger partial charge is 0.335 e. The summed E-state index contributed by atoms with van der Waals surface area (Å²) in [5.41, 5.74) is 2.37. The summed E-state index contributed by atoms with van der Waals surface area (Å²) < 4.78 is 14.7. The van der Waals surface area contributed by atoms with Crippen LogP contribution in [0.4, 0.5) is 10.1 Å². The van der Waals surface area contributed by atoms with Gasteiger partial charge in [0, 0.05) is 15.7 Å². The predicted molar refractivity (Wildman–Crippen MR) is 84.3 cm³/mol. The van der Waals surface area contributed by atoms with Crippen molar-refractivity contribution in [2.75, 3.05) is 5.32 Å². The van der Waals surface area contributed by atoms with Gasteiger partial charge >= 0.3 is 5.97 Å². The lowest BCUT2D eigenvalue weighted by Gasteiger charge is -2.18. The molecule has 0 fully saturated rings. The van der Waals surface area contributed by atoms with Crippen LogP contribution in [0.15, 0.2) is 40.9 Å². The molecule has 0 radical (unpaired) electrons. The first-order valence-corrected chi connectivity index (χ1v) is 7.23. The van der Waals surface area contributed by atoms with Crippen LogP contribution in [0.3, 0.4) is 0 Å². The topological polar surface area (TPSA) is 49.3 Å². The number of carboxylic acids is 1. The number of benzene rings is 2. The number of aryl methyl sites for hydroxylation is 1. The van der Waals surface area contributed by atoms with Crippen molar-refractivity contribution in [3.63, 3.8) is 0 Å². The van der Waals surface area contributed by atoms with Crippen LogP contribution in [0, 0.1) is 12.7 Å². The molecule has 21 heavy (non-hydrogen) atoms. The molecule has 1 atom stereocenters. The van der Waals surface area contributed by atoms with E-state index in [0.29, 0.717) is 5.56 Å². The molecule has 0 bridgehead atoms. The number of nitrogens with one attached hydrogen (secondary N) is 1. The highest BCUT2D eigenvalue weighted by molar-refractivity contribution is 9.10. The molecule has 2 aromatic rings. The van der Waals surface area contributed by atoms with Gasteiger partial charge in [0.1, 0.15) is 5.82 Å². The monoisotopic (exact) mass is 351 g/mol. The molecule has 2 rings (SSSR count). The summed E-state index contributed by atoms with van der Waals surface area (Å²) in [6.45, 7) is 3.67. The van der Waals surface area contributed by atoms with Crippen LogP contribution in [0.2, 0.25) is 0 Å². The zero-order valence-corrected chi connectivity index (χ0v) is 13.2. The average Bonchev–Trinajstić information content (AvgIpc) is 2.43. The maximum absolute atomic E-state index is 13.9. The van der Waals surface area contributed by atoms with Gasteiger partial charge in [0.05, 0.1) is 11.6 Å². The number of hydrogen-bond acceptors (Lipinski definition) is 2. The van der Waals surface area contributed by atoms with E-state index < -0.39 is 5.97 Å². The Bertz CT molecular complexity index is 688. The van der Waals surface area contributed by atoms with E-state index in [4.69, 9.17) is 5.11 Å². The maximum Gasteiger partial charge on any atom is 0.335 e. The Morgan fingerprint density at radius 1 is 1.29 bits per heavy atom. The van der Waals surface area contributed by atoms with Gasteiger partial charge < -0.3 is 10.4 Å². The third-order valence-corrected chi connectivity index (χ3v) is 3.76. The Hall–Kier alpha value is -1.88. The predicted octanol–water partition coefficient (Wildman–Crippen LogP) is 4.77. The van der Waals surface area contributed by atoms with Gasteiger partial charge in [-0.05, 0) is 55.8 Å². The van der Waals surface area contributed by atoms with Crippen molar-refractivity contribution in [2.24, 2.45) is 0 Å². The summed E-state index contributed by atoms with van der Waals surface area (Å²) in [7, 11) is 0. The van der Waals surface area contributed by atoms with E-state index in [1.165, 1.54) is 12.1 Å². The molecule has 3 nitrogen and oxygen atoms in total. The standard InChI is InChI=1S/C16H15BrFNO2/c1-9-7-11(16(20)21)3-6-15(9)19-10(2)13-8-12(17)4-5-14(13)18/h3-8,10,19H,1-2H3,(H,20,21). The van der Waals surface area contributed by atoms with Crippen molar-refractivity contribution in [1.29, 1.82) is 0 Å². The van der Waals surface area contributed by atoms with Gasteiger partial charge in [-0.2, -0.15) is 0 Å². The molecule has 0 spiro atoms. The lowest BCUT2D eigenvalue weighted by atomic mass is 10.1. The lowest BCUT2D eigenvalue weighted by Crippen LogP contribution is -2.10. The van der Waals surface area contributed by atoms with Gasteiger partial charge in [-0.25, -0.2) is 9.18 Å². The number of carbonyl (C=O) groups is 1. The van der Waals surface area contributed by atoms with Gasteiger partial charge in [0.15, 0.2) is 0 Å². The molecule has 0 amide bonds. The molecule has 0 aromatic heterocycles. The molecule has 0 saturated heterocycles. The Balaban J connectivity index is 2.25. The van der Waals surface area contributed by atoms with E-state index in [9.17, 15) is 9.18 Å². The Kier molecular flexibility index (Phi) is 4.63. The molecular weight excluding hydrogens is 337 g/mol. The number of carboxylic acid groups (broad SMARTS) is 1. The van der Waals surface area contributed by atoms with Crippen LogP contribution in [0.25, 0.3) is 0 Å². The van der Waals surface area contributed by atoms with Gasteiger partial charge in [0.25, 0.3) is 0 Å². The van der Waals surface area contributed by atoms with Gasteiger partial charge in [-0.3, -0.25) is 0 Å². The zero-order chi connectivity index (χ0) is 15.6. The minimum absolute atomic E-state index is 0.235. The summed E-state index contributed by atoms with van der Waals surface area (Å²) >= 11 is 3.33. The Labute approximate surface area is 130 Å². The molecule has 2 N–H and O–H groups in total. The van der Waals surface area contributed by atoms with Crippen molar-refractivity contribution < 1.29 is 14.3 Å². The third-order valence-electron chi connectivity index (χ3n) is 3.27. The van der Waals surface area contributed by atoms with Crippen LogP contribution < -0.4 is 5.32 Å². The molecule has 0 aliphatic heterocycles. The summed E-state index contributed by atoms with van der Waals surface area (Å²) in [4.78, 5) is 10.9. The Morgan fingerprint density at radius 3 is 2.62 bits per heavy atom. The third kappa shape index (κ3) is 3.61. The van der Waals surface area contributed by atoms with Crippen LogP contribution in [-0.4, -0.2) is 11.1 Å². The second kappa shape index (κ2) is 6.26. The van der Waals surface area contributed by atoms with E-state index in [0.717, 1.165) is 15.7 Å². The van der Waals surface area contributed by atoms with Crippen molar-refractivity contribution >= 4 is 27.6 Å². The molecule has 0 heterocycles. The maximum atomic E-state index is 13.9. The largest absolute Gasteiger partial charge is 0.478 e. The fourth-order valence-electron chi connectivity index (χ4n) is 2.12. The van der Waals surface area contributed by atoms with E-state index >= 15 is 0 Å². The fourth-order valence-corrected chi connectivity index (χ4v) is 2.49. The first-order valence-electron chi connectivity index (χ1n) is 6.44. The minimum atomic E-state index is -0.962. The number of hydrogen-bond donors (Lipinski definition) is 2. The van der Waals surface area contributed by atoms with Gasteiger partial charge in [0.2, 0.25) is 0 Å². The molecular formula is C16H15BrFNO2. The average molecular weight is 352 g/mol. The van der Waals surface area contributed by atoms with E-state index in [2.05, 4.69) is 21.2 Å². The van der Waals surface area contributed by atoms with Crippen LogP contribution in [0.5, 0.6) is 0 Å².